The number of nitrogens with zero attached hydrogens (tertiary/aromatic N) is 3. The van der Waals surface area contributed by atoms with Gasteiger partial charge in [-0.3, -0.25) is 0 Å². The molecule has 0 amide bonds. The van der Waals surface area contributed by atoms with Crippen LogP contribution in [0.3, 0.4) is 0 Å². The molecule has 9 heteroatoms. The van der Waals surface area contributed by atoms with Crippen molar-refractivity contribution in [2.24, 2.45) is 0 Å². The van der Waals surface area contributed by atoms with Crippen molar-refractivity contribution in [1.29, 1.82) is 0 Å². The predicted molar refractivity (Wildman–Crippen MR) is 127 cm³/mol. The number of carbonyl (C=O) groups is 1. The van der Waals surface area contributed by atoms with Crippen molar-refractivity contribution in [2.45, 2.75) is 44.0 Å². The Morgan fingerprint density at radius 2 is 1.94 bits per heavy atom. The number of hydrogen-bond donors (Lipinski definition) is 2. The van der Waals surface area contributed by atoms with E-state index in [1.165, 1.54) is 19.3 Å². The van der Waals surface area contributed by atoms with Crippen LogP contribution in [-0.4, -0.2) is 38.6 Å². The van der Waals surface area contributed by atoms with Gasteiger partial charge in [0, 0.05) is 22.6 Å². The number of carboxylic acid groups (broad SMARTS) is 1. The number of thioether (sulfide) groups is 1. The highest BCUT2D eigenvalue weighted by atomic mass is 32.2. The van der Waals surface area contributed by atoms with Gasteiger partial charge < -0.3 is 19.9 Å². The minimum absolute atomic E-state index is 0.389. The summed E-state index contributed by atoms with van der Waals surface area (Å²) in [6, 6.07) is 14.9. The molecule has 172 valence electrons. The van der Waals surface area contributed by atoms with Gasteiger partial charge in [0.05, 0.1) is 0 Å². The summed E-state index contributed by atoms with van der Waals surface area (Å²) in [5.41, 5.74) is 3.17. The second-order valence-electron chi connectivity index (χ2n) is 7.60. The van der Waals surface area contributed by atoms with Gasteiger partial charge in [0.25, 0.3) is 0 Å². The molecule has 2 aromatic carbocycles. The van der Waals surface area contributed by atoms with Crippen molar-refractivity contribution in [3.8, 4) is 22.9 Å². The summed E-state index contributed by atoms with van der Waals surface area (Å²) >= 11 is 1.59. The Bertz CT molecular complexity index is 1090. The monoisotopic (exact) mass is 466 g/mol. The van der Waals surface area contributed by atoms with Gasteiger partial charge in [0.1, 0.15) is 5.75 Å². The van der Waals surface area contributed by atoms with Crippen LogP contribution in [0.2, 0.25) is 0 Å². The molecule has 0 saturated carbocycles. The maximum Gasteiger partial charge on any atom is 0.341 e. The van der Waals surface area contributed by atoms with E-state index in [1.807, 2.05) is 36.4 Å². The third-order valence-corrected chi connectivity index (χ3v) is 6.03. The molecular weight excluding hydrogens is 440 g/mol. The molecule has 0 fully saturated rings. The van der Waals surface area contributed by atoms with E-state index < -0.39 is 12.2 Å². The van der Waals surface area contributed by atoms with E-state index in [9.17, 15) is 4.79 Å². The standard InChI is InChI=1S/C24H26N4O4S/c1-2-3-4-7-14-33-24-26-23-21(27-28-24)18-8-5-6-9-19(18)25-22(32-23)16-10-12-17(13-11-16)31-15-20(29)30/h5-6,8-13,22,25H,2-4,7,14-15H2,1H3,(H,29,30). The second-order valence-corrected chi connectivity index (χ2v) is 8.66. The molecule has 1 aliphatic rings. The van der Waals surface area contributed by atoms with Crippen LogP contribution in [0.1, 0.15) is 44.4 Å². The van der Waals surface area contributed by atoms with E-state index in [-0.39, 0.29) is 6.61 Å². The van der Waals surface area contributed by atoms with E-state index >= 15 is 0 Å². The molecule has 8 nitrogen and oxygen atoms in total. The van der Waals surface area contributed by atoms with Crippen LogP contribution >= 0.6 is 11.8 Å². The minimum Gasteiger partial charge on any atom is -0.482 e. The summed E-state index contributed by atoms with van der Waals surface area (Å²) in [5, 5.41) is 21.6. The first-order valence-electron chi connectivity index (χ1n) is 11.0. The number of rotatable bonds is 10. The van der Waals surface area contributed by atoms with Crippen molar-refractivity contribution >= 4 is 23.4 Å². The number of carboxylic acids is 1. The fourth-order valence-corrected chi connectivity index (χ4v) is 4.21. The lowest BCUT2D eigenvalue weighted by Crippen LogP contribution is -2.17. The van der Waals surface area contributed by atoms with Gasteiger partial charge in [-0.25, -0.2) is 4.79 Å². The number of ether oxygens (including phenoxy) is 2. The maximum absolute atomic E-state index is 10.7. The Kier molecular flexibility index (Phi) is 7.62. The van der Waals surface area contributed by atoms with Crippen LogP contribution < -0.4 is 14.8 Å². The third-order valence-electron chi connectivity index (χ3n) is 5.11. The number of aromatic nitrogens is 3. The first-order valence-corrected chi connectivity index (χ1v) is 12.0. The molecule has 0 bridgehead atoms. The molecule has 0 spiro atoms. The van der Waals surface area contributed by atoms with Gasteiger partial charge in [-0.05, 0) is 36.8 Å². The Morgan fingerprint density at radius 3 is 2.73 bits per heavy atom. The van der Waals surface area contributed by atoms with Gasteiger partial charge in [0.2, 0.25) is 11.0 Å². The average molecular weight is 467 g/mol. The molecule has 1 aliphatic heterocycles. The number of benzene rings is 2. The summed E-state index contributed by atoms with van der Waals surface area (Å²) in [4.78, 5) is 15.4. The highest BCUT2D eigenvalue weighted by molar-refractivity contribution is 7.99. The lowest BCUT2D eigenvalue weighted by Gasteiger charge is -2.19. The summed E-state index contributed by atoms with van der Waals surface area (Å²) in [7, 11) is 0. The van der Waals surface area contributed by atoms with Gasteiger partial charge >= 0.3 is 5.97 Å². The van der Waals surface area contributed by atoms with Gasteiger partial charge in [-0.1, -0.05) is 56.1 Å². The van der Waals surface area contributed by atoms with Crippen LogP contribution in [0, 0.1) is 0 Å². The van der Waals surface area contributed by atoms with Crippen LogP contribution in [0.25, 0.3) is 11.3 Å². The van der Waals surface area contributed by atoms with Gasteiger partial charge in [-0.2, -0.15) is 4.98 Å². The zero-order valence-corrected chi connectivity index (χ0v) is 19.2. The fraction of sp³-hybridized carbons (Fsp3) is 0.333. The maximum atomic E-state index is 10.7. The first-order chi connectivity index (χ1) is 16.1. The predicted octanol–water partition coefficient (Wildman–Crippen LogP) is 5.18. The van der Waals surface area contributed by atoms with Crippen molar-refractivity contribution in [3.05, 3.63) is 54.1 Å². The zero-order valence-electron chi connectivity index (χ0n) is 18.4. The molecule has 1 unspecified atom stereocenters. The molecule has 1 atom stereocenters. The fourth-order valence-electron chi connectivity index (χ4n) is 3.44. The lowest BCUT2D eigenvalue weighted by atomic mass is 10.1. The molecule has 0 saturated heterocycles. The third kappa shape index (κ3) is 5.92. The number of para-hydroxylation sites is 1. The molecule has 1 aromatic heterocycles. The minimum atomic E-state index is -1.02. The summed E-state index contributed by atoms with van der Waals surface area (Å²) in [5.74, 6) is 0.819. The van der Waals surface area contributed by atoms with E-state index in [4.69, 9.17) is 14.6 Å². The molecule has 0 aliphatic carbocycles. The van der Waals surface area contributed by atoms with Crippen molar-refractivity contribution < 1.29 is 19.4 Å². The van der Waals surface area contributed by atoms with Crippen LogP contribution in [0.15, 0.2) is 53.7 Å². The van der Waals surface area contributed by atoms with E-state index in [0.29, 0.717) is 22.5 Å². The molecule has 4 rings (SSSR count). The Hall–Kier alpha value is -3.33. The van der Waals surface area contributed by atoms with Crippen molar-refractivity contribution in [1.82, 2.24) is 15.2 Å². The number of fused-ring (bicyclic) bond motifs is 3. The number of unbranched alkanes of at least 4 members (excludes halogenated alkanes) is 3. The molecule has 3 aromatic rings. The quantitative estimate of drug-likeness (QED) is 0.309. The van der Waals surface area contributed by atoms with E-state index in [1.54, 1.807) is 23.9 Å². The highest BCUT2D eigenvalue weighted by Crippen LogP contribution is 2.39. The average Bonchev–Trinajstić information content (AvgIpc) is 2.99. The van der Waals surface area contributed by atoms with E-state index in [2.05, 4.69) is 27.4 Å². The number of nitrogens with one attached hydrogen (secondary N) is 1. The molecule has 0 radical (unpaired) electrons. The molecule has 33 heavy (non-hydrogen) atoms. The summed E-state index contributed by atoms with van der Waals surface area (Å²) < 4.78 is 11.5. The highest BCUT2D eigenvalue weighted by Gasteiger charge is 2.26. The smallest absolute Gasteiger partial charge is 0.341 e. The number of hydrogen-bond acceptors (Lipinski definition) is 8. The SMILES string of the molecule is CCCCCCSc1nnc2c(n1)OC(c1ccc(OCC(=O)O)cc1)Nc1ccccc1-2. The van der Waals surface area contributed by atoms with E-state index in [0.717, 1.165) is 29.0 Å². The molecule has 2 heterocycles. The topological polar surface area (TPSA) is 106 Å². The van der Waals surface area contributed by atoms with Crippen molar-refractivity contribution in [3.63, 3.8) is 0 Å². The molecular formula is C24H26N4O4S. The molecule has 2 N–H and O–H groups in total. The lowest BCUT2D eigenvalue weighted by molar-refractivity contribution is -0.139. The number of aliphatic carboxylic acids is 1. The summed E-state index contributed by atoms with van der Waals surface area (Å²) in [6.07, 6.45) is 4.24. The first kappa shape index (κ1) is 22.8. The zero-order chi connectivity index (χ0) is 23.0. The van der Waals surface area contributed by atoms with Crippen LogP contribution in [0.4, 0.5) is 5.69 Å². The van der Waals surface area contributed by atoms with Crippen LogP contribution in [-0.2, 0) is 4.79 Å². The number of anilines is 1. The van der Waals surface area contributed by atoms with Gasteiger partial charge in [0.15, 0.2) is 18.5 Å². The Balaban J connectivity index is 1.56. The van der Waals surface area contributed by atoms with Crippen molar-refractivity contribution in [2.75, 3.05) is 17.7 Å². The van der Waals surface area contributed by atoms with Gasteiger partial charge in [-0.15, -0.1) is 10.2 Å². The largest absolute Gasteiger partial charge is 0.482 e. The summed E-state index contributed by atoms with van der Waals surface area (Å²) in [6.45, 7) is 1.81. The normalized spacial score (nSPS) is 14.3. The second kappa shape index (κ2) is 11.0. The Morgan fingerprint density at radius 1 is 1.12 bits per heavy atom. The Labute approximate surface area is 196 Å². The van der Waals surface area contributed by atoms with Crippen LogP contribution in [0.5, 0.6) is 11.6 Å².